The lowest BCUT2D eigenvalue weighted by molar-refractivity contribution is 0.435. The maximum atomic E-state index is 5.68. The molecular formula is C15H18BrNO. The van der Waals surface area contributed by atoms with Gasteiger partial charge in [-0.3, -0.25) is 0 Å². The Morgan fingerprint density at radius 3 is 2.56 bits per heavy atom. The van der Waals surface area contributed by atoms with E-state index >= 15 is 0 Å². The standard InChI is InChI=1S/C15H18BrNO/c1-3-12-8-9-13(18-12)10-17-11(2)14-6-4-5-7-15(14)16/h4-9,11,17H,3,10H2,1-2H3/t11-/m1/s1. The van der Waals surface area contributed by atoms with E-state index < -0.39 is 0 Å². The summed E-state index contributed by atoms with van der Waals surface area (Å²) in [5, 5.41) is 3.47. The average molecular weight is 308 g/mol. The number of rotatable bonds is 5. The molecule has 0 aliphatic rings. The summed E-state index contributed by atoms with van der Waals surface area (Å²) in [6, 6.07) is 12.6. The summed E-state index contributed by atoms with van der Waals surface area (Å²) in [6.07, 6.45) is 0.944. The monoisotopic (exact) mass is 307 g/mol. The lowest BCUT2D eigenvalue weighted by Crippen LogP contribution is -2.18. The van der Waals surface area contributed by atoms with Gasteiger partial charge in [0.15, 0.2) is 0 Å². The van der Waals surface area contributed by atoms with Gasteiger partial charge in [0.05, 0.1) is 6.54 Å². The Kier molecular flexibility index (Phi) is 4.61. The highest BCUT2D eigenvalue weighted by atomic mass is 79.9. The molecule has 0 fully saturated rings. The predicted molar refractivity (Wildman–Crippen MR) is 77.5 cm³/mol. The van der Waals surface area contributed by atoms with E-state index in [1.807, 2.05) is 18.2 Å². The van der Waals surface area contributed by atoms with Gasteiger partial charge in [0.2, 0.25) is 0 Å². The second kappa shape index (κ2) is 6.21. The maximum absolute atomic E-state index is 5.68. The minimum atomic E-state index is 0.288. The van der Waals surface area contributed by atoms with E-state index in [0.29, 0.717) is 0 Å². The number of halogens is 1. The van der Waals surface area contributed by atoms with E-state index in [4.69, 9.17) is 4.42 Å². The molecule has 1 atom stereocenters. The molecule has 0 bridgehead atoms. The molecule has 1 heterocycles. The molecule has 0 unspecified atom stereocenters. The predicted octanol–water partition coefficient (Wildman–Crippen LogP) is 4.46. The van der Waals surface area contributed by atoms with Crippen molar-refractivity contribution in [1.82, 2.24) is 5.32 Å². The Hall–Kier alpha value is -1.06. The van der Waals surface area contributed by atoms with Crippen molar-refractivity contribution in [1.29, 1.82) is 0 Å². The first kappa shape index (κ1) is 13.4. The zero-order chi connectivity index (χ0) is 13.0. The van der Waals surface area contributed by atoms with E-state index in [0.717, 1.165) is 29.0 Å². The maximum Gasteiger partial charge on any atom is 0.117 e. The third-order valence-corrected chi connectivity index (χ3v) is 3.74. The zero-order valence-corrected chi connectivity index (χ0v) is 12.3. The Morgan fingerprint density at radius 2 is 1.89 bits per heavy atom. The third-order valence-electron chi connectivity index (χ3n) is 3.02. The lowest BCUT2D eigenvalue weighted by Gasteiger charge is -2.14. The first-order valence-corrected chi connectivity index (χ1v) is 7.05. The molecule has 0 saturated carbocycles. The van der Waals surface area contributed by atoms with E-state index in [-0.39, 0.29) is 6.04 Å². The van der Waals surface area contributed by atoms with Gasteiger partial charge in [-0.15, -0.1) is 0 Å². The number of aryl methyl sites for hydroxylation is 1. The van der Waals surface area contributed by atoms with E-state index in [1.54, 1.807) is 0 Å². The highest BCUT2D eigenvalue weighted by molar-refractivity contribution is 9.10. The van der Waals surface area contributed by atoms with Crippen LogP contribution in [0.5, 0.6) is 0 Å². The topological polar surface area (TPSA) is 25.2 Å². The smallest absolute Gasteiger partial charge is 0.117 e. The van der Waals surface area contributed by atoms with Crippen LogP contribution in [0.3, 0.4) is 0 Å². The van der Waals surface area contributed by atoms with Gasteiger partial charge in [-0.2, -0.15) is 0 Å². The minimum Gasteiger partial charge on any atom is -0.465 e. The number of hydrogen-bond acceptors (Lipinski definition) is 2. The molecule has 1 aromatic heterocycles. The SMILES string of the molecule is CCc1ccc(CN[C@H](C)c2ccccc2Br)o1. The van der Waals surface area contributed by atoms with Gasteiger partial charge in [-0.1, -0.05) is 41.1 Å². The normalized spacial score (nSPS) is 12.6. The van der Waals surface area contributed by atoms with Crippen LogP contribution in [-0.4, -0.2) is 0 Å². The van der Waals surface area contributed by atoms with Crippen molar-refractivity contribution in [3.8, 4) is 0 Å². The van der Waals surface area contributed by atoms with Crippen LogP contribution in [0.1, 0.15) is 37.0 Å². The fourth-order valence-electron chi connectivity index (χ4n) is 1.90. The highest BCUT2D eigenvalue weighted by Gasteiger charge is 2.09. The summed E-state index contributed by atoms with van der Waals surface area (Å²) in [6.45, 7) is 5.01. The minimum absolute atomic E-state index is 0.288. The van der Waals surface area contributed by atoms with Crippen molar-refractivity contribution < 1.29 is 4.42 Å². The van der Waals surface area contributed by atoms with Crippen molar-refractivity contribution in [2.24, 2.45) is 0 Å². The molecule has 0 saturated heterocycles. The second-order valence-electron chi connectivity index (χ2n) is 4.35. The zero-order valence-electron chi connectivity index (χ0n) is 10.7. The van der Waals surface area contributed by atoms with Crippen LogP contribution in [-0.2, 0) is 13.0 Å². The van der Waals surface area contributed by atoms with E-state index in [1.165, 1.54) is 5.56 Å². The molecule has 1 aromatic carbocycles. The fraction of sp³-hybridized carbons (Fsp3) is 0.333. The number of nitrogens with one attached hydrogen (secondary N) is 1. The summed E-state index contributed by atoms with van der Waals surface area (Å²) in [5.41, 5.74) is 1.26. The average Bonchev–Trinajstić information content (AvgIpc) is 2.84. The molecule has 0 spiro atoms. The summed E-state index contributed by atoms with van der Waals surface area (Å²) in [4.78, 5) is 0. The van der Waals surface area contributed by atoms with Crippen LogP contribution >= 0.6 is 15.9 Å². The van der Waals surface area contributed by atoms with Crippen LogP contribution in [0.2, 0.25) is 0 Å². The molecule has 0 aliphatic heterocycles. The highest BCUT2D eigenvalue weighted by Crippen LogP contribution is 2.23. The largest absolute Gasteiger partial charge is 0.465 e. The van der Waals surface area contributed by atoms with Crippen molar-refractivity contribution >= 4 is 15.9 Å². The molecule has 2 nitrogen and oxygen atoms in total. The van der Waals surface area contributed by atoms with Gasteiger partial charge in [0, 0.05) is 16.9 Å². The van der Waals surface area contributed by atoms with Crippen LogP contribution in [0, 0.1) is 0 Å². The second-order valence-corrected chi connectivity index (χ2v) is 5.20. The quantitative estimate of drug-likeness (QED) is 0.882. The van der Waals surface area contributed by atoms with Crippen LogP contribution in [0.4, 0.5) is 0 Å². The first-order valence-electron chi connectivity index (χ1n) is 6.26. The van der Waals surface area contributed by atoms with Crippen molar-refractivity contribution in [2.75, 3.05) is 0 Å². The Morgan fingerprint density at radius 1 is 1.17 bits per heavy atom. The Bertz CT molecular complexity index is 507. The van der Waals surface area contributed by atoms with E-state index in [2.05, 4.69) is 53.3 Å². The van der Waals surface area contributed by atoms with Crippen molar-refractivity contribution in [3.05, 3.63) is 58.0 Å². The summed E-state index contributed by atoms with van der Waals surface area (Å²) in [5.74, 6) is 2.03. The summed E-state index contributed by atoms with van der Waals surface area (Å²) >= 11 is 3.57. The Labute approximate surface area is 117 Å². The fourth-order valence-corrected chi connectivity index (χ4v) is 2.53. The molecular weight excluding hydrogens is 290 g/mol. The first-order chi connectivity index (χ1) is 8.70. The van der Waals surface area contributed by atoms with Gasteiger partial charge >= 0.3 is 0 Å². The summed E-state index contributed by atoms with van der Waals surface area (Å²) in [7, 11) is 0. The van der Waals surface area contributed by atoms with Crippen molar-refractivity contribution in [2.45, 2.75) is 32.9 Å². The van der Waals surface area contributed by atoms with Gasteiger partial charge in [0.25, 0.3) is 0 Å². The van der Waals surface area contributed by atoms with Gasteiger partial charge in [0.1, 0.15) is 11.5 Å². The van der Waals surface area contributed by atoms with Crippen molar-refractivity contribution in [3.63, 3.8) is 0 Å². The molecule has 0 amide bonds. The van der Waals surface area contributed by atoms with Gasteiger partial charge in [-0.05, 0) is 30.7 Å². The van der Waals surface area contributed by atoms with E-state index in [9.17, 15) is 0 Å². The molecule has 2 rings (SSSR count). The number of hydrogen-bond donors (Lipinski definition) is 1. The molecule has 3 heteroatoms. The number of furan rings is 1. The number of benzene rings is 1. The molecule has 0 radical (unpaired) electrons. The molecule has 2 aromatic rings. The van der Waals surface area contributed by atoms with Crippen LogP contribution in [0.25, 0.3) is 0 Å². The molecule has 1 N–H and O–H groups in total. The van der Waals surface area contributed by atoms with Gasteiger partial charge in [-0.25, -0.2) is 0 Å². The van der Waals surface area contributed by atoms with Crippen LogP contribution in [0.15, 0.2) is 45.3 Å². The lowest BCUT2D eigenvalue weighted by atomic mass is 10.1. The molecule has 0 aliphatic carbocycles. The van der Waals surface area contributed by atoms with Gasteiger partial charge < -0.3 is 9.73 Å². The summed E-state index contributed by atoms with van der Waals surface area (Å²) < 4.78 is 6.81. The molecule has 18 heavy (non-hydrogen) atoms. The van der Waals surface area contributed by atoms with Crippen LogP contribution < -0.4 is 5.32 Å². The third kappa shape index (κ3) is 3.24. The molecule has 96 valence electrons. The Balaban J connectivity index is 1.96.